The van der Waals surface area contributed by atoms with Crippen LogP contribution in [0.5, 0.6) is 5.75 Å². The first-order chi connectivity index (χ1) is 17.1. The van der Waals surface area contributed by atoms with E-state index in [9.17, 15) is 4.79 Å². The molecule has 2 aromatic carbocycles. The summed E-state index contributed by atoms with van der Waals surface area (Å²) in [5.74, 6) is 1.14. The van der Waals surface area contributed by atoms with Crippen LogP contribution in [0.25, 0.3) is 38.7 Å². The summed E-state index contributed by atoms with van der Waals surface area (Å²) in [5.41, 5.74) is 2.96. The summed E-state index contributed by atoms with van der Waals surface area (Å²) < 4.78 is 8.96. The van der Waals surface area contributed by atoms with Gasteiger partial charge < -0.3 is 4.74 Å². The molecule has 0 fully saturated rings. The number of rotatable bonds is 5. The van der Waals surface area contributed by atoms with Crippen LogP contribution in [0.1, 0.15) is 5.56 Å². The first-order valence-corrected chi connectivity index (χ1v) is 12.6. The summed E-state index contributed by atoms with van der Waals surface area (Å²) >= 11 is 9.23. The fourth-order valence-corrected chi connectivity index (χ4v) is 5.54. The Morgan fingerprint density at radius 1 is 1.06 bits per heavy atom. The second-order valence-electron chi connectivity index (χ2n) is 7.59. The Bertz CT molecular complexity index is 1770. The van der Waals surface area contributed by atoms with E-state index in [0.29, 0.717) is 31.8 Å². The van der Waals surface area contributed by atoms with Crippen molar-refractivity contribution in [3.63, 3.8) is 0 Å². The largest absolute Gasteiger partial charge is 0.495 e. The van der Waals surface area contributed by atoms with E-state index in [1.165, 1.54) is 27.2 Å². The number of hydrogen-bond acceptors (Lipinski definition) is 7. The fourth-order valence-electron chi connectivity index (χ4n) is 3.73. The number of fused-ring (bicyclic) bond motifs is 1. The minimum Gasteiger partial charge on any atom is -0.495 e. The maximum absolute atomic E-state index is 13.2. The van der Waals surface area contributed by atoms with Crippen molar-refractivity contribution in [3.8, 4) is 33.4 Å². The number of aromatic nitrogens is 5. The summed E-state index contributed by atoms with van der Waals surface area (Å²) in [4.78, 5) is 19.2. The monoisotopic (exact) mass is 517 g/mol. The lowest BCUT2D eigenvalue weighted by atomic mass is 10.1. The minimum absolute atomic E-state index is 0.216. The number of para-hydroxylation sites is 1. The molecule has 0 aliphatic rings. The van der Waals surface area contributed by atoms with Crippen LogP contribution in [0.2, 0.25) is 5.02 Å². The number of thiazole rings is 1. The first-order valence-electron chi connectivity index (χ1n) is 10.5. The Hall–Kier alpha value is -3.79. The number of hydrogen-bond donors (Lipinski definition) is 0. The average molecular weight is 518 g/mol. The number of methoxy groups -OCH3 is 1. The molecule has 0 N–H and O–H groups in total. The standard InChI is InChI=1S/C25H16ClN5O2S2/c1-33-19-10-9-15(12-18(19)26)22-16(14-30(28-22)17-6-3-2-4-7-17)13-21-24(32)31-25(35-21)27-23(29-31)20-8-5-11-34-20/h2-14H,1H3/b21-13-. The maximum atomic E-state index is 13.2. The Balaban J connectivity index is 1.51. The molecule has 4 aromatic heterocycles. The van der Waals surface area contributed by atoms with Gasteiger partial charge in [-0.15, -0.1) is 16.4 Å². The molecule has 0 radical (unpaired) electrons. The molecule has 172 valence electrons. The lowest BCUT2D eigenvalue weighted by molar-refractivity contribution is 0.415. The smallest absolute Gasteiger partial charge is 0.291 e. The van der Waals surface area contributed by atoms with E-state index < -0.39 is 0 Å². The lowest BCUT2D eigenvalue weighted by Gasteiger charge is -2.05. The summed E-state index contributed by atoms with van der Waals surface area (Å²) in [6, 6.07) is 19.2. The van der Waals surface area contributed by atoms with Crippen LogP contribution >= 0.6 is 34.3 Å². The molecule has 0 aliphatic carbocycles. The SMILES string of the molecule is COc1ccc(-c2nn(-c3ccccc3)cc2/C=c2\sc3nc(-c4cccs4)nn3c2=O)cc1Cl. The van der Waals surface area contributed by atoms with E-state index in [0.717, 1.165) is 21.7 Å². The van der Waals surface area contributed by atoms with Crippen LogP contribution in [0.3, 0.4) is 0 Å². The Morgan fingerprint density at radius 3 is 2.63 bits per heavy atom. The third-order valence-electron chi connectivity index (χ3n) is 5.40. The van der Waals surface area contributed by atoms with Crippen molar-refractivity contribution in [2.24, 2.45) is 0 Å². The van der Waals surface area contributed by atoms with Crippen molar-refractivity contribution < 1.29 is 4.74 Å². The van der Waals surface area contributed by atoms with Gasteiger partial charge in [-0.3, -0.25) is 4.79 Å². The quantitative estimate of drug-likeness (QED) is 0.324. The van der Waals surface area contributed by atoms with Gasteiger partial charge in [-0.05, 0) is 47.9 Å². The van der Waals surface area contributed by atoms with Gasteiger partial charge in [-0.2, -0.15) is 14.6 Å². The second-order valence-corrected chi connectivity index (χ2v) is 9.95. The molecule has 0 unspecified atom stereocenters. The van der Waals surface area contributed by atoms with Crippen molar-refractivity contribution in [1.29, 1.82) is 0 Å². The molecule has 0 saturated heterocycles. The molecule has 6 rings (SSSR count). The van der Waals surface area contributed by atoms with Gasteiger partial charge in [0.05, 0.1) is 27.2 Å². The zero-order valence-corrected chi connectivity index (χ0v) is 20.6. The van der Waals surface area contributed by atoms with Crippen LogP contribution < -0.4 is 14.8 Å². The molecule has 0 aliphatic heterocycles. The highest BCUT2D eigenvalue weighted by atomic mass is 35.5. The maximum Gasteiger partial charge on any atom is 0.291 e. The van der Waals surface area contributed by atoms with Crippen LogP contribution in [0.4, 0.5) is 0 Å². The van der Waals surface area contributed by atoms with Gasteiger partial charge in [-0.25, -0.2) is 4.68 Å². The second kappa shape index (κ2) is 8.77. The van der Waals surface area contributed by atoms with Crippen LogP contribution in [-0.2, 0) is 0 Å². The number of benzene rings is 2. The van der Waals surface area contributed by atoms with E-state index in [1.54, 1.807) is 17.9 Å². The highest BCUT2D eigenvalue weighted by Crippen LogP contribution is 2.32. The predicted octanol–water partition coefficient (Wildman–Crippen LogP) is 4.94. The van der Waals surface area contributed by atoms with Crippen molar-refractivity contribution in [2.45, 2.75) is 0 Å². The van der Waals surface area contributed by atoms with Gasteiger partial charge in [0.1, 0.15) is 11.4 Å². The molecular weight excluding hydrogens is 502 g/mol. The third-order valence-corrected chi connectivity index (χ3v) is 7.52. The molecule has 10 heteroatoms. The van der Waals surface area contributed by atoms with Gasteiger partial charge >= 0.3 is 0 Å². The predicted molar refractivity (Wildman–Crippen MR) is 140 cm³/mol. The normalized spacial score (nSPS) is 12.0. The molecule has 35 heavy (non-hydrogen) atoms. The molecule has 0 saturated carbocycles. The number of thiophene rings is 1. The number of nitrogens with zero attached hydrogens (tertiary/aromatic N) is 5. The molecule has 0 bridgehead atoms. The van der Waals surface area contributed by atoms with Crippen molar-refractivity contribution in [3.05, 3.63) is 97.7 Å². The zero-order chi connectivity index (χ0) is 23.9. The van der Waals surface area contributed by atoms with Crippen LogP contribution in [0, 0.1) is 0 Å². The molecule has 7 nitrogen and oxygen atoms in total. The molecule has 0 atom stereocenters. The van der Waals surface area contributed by atoms with E-state index in [2.05, 4.69) is 10.1 Å². The van der Waals surface area contributed by atoms with E-state index in [4.69, 9.17) is 21.4 Å². The molecule has 4 heterocycles. The highest BCUT2D eigenvalue weighted by Gasteiger charge is 2.16. The Morgan fingerprint density at radius 2 is 1.91 bits per heavy atom. The minimum atomic E-state index is -0.216. The summed E-state index contributed by atoms with van der Waals surface area (Å²) in [6.07, 6.45) is 3.73. The van der Waals surface area contributed by atoms with Crippen molar-refractivity contribution in [2.75, 3.05) is 7.11 Å². The van der Waals surface area contributed by atoms with Crippen LogP contribution in [-0.4, -0.2) is 31.5 Å². The van der Waals surface area contributed by atoms with Gasteiger partial charge in [-0.1, -0.05) is 47.2 Å². The highest BCUT2D eigenvalue weighted by molar-refractivity contribution is 7.15. The van der Waals surface area contributed by atoms with Gasteiger partial charge in [0, 0.05) is 17.3 Å². The summed E-state index contributed by atoms with van der Waals surface area (Å²) in [6.45, 7) is 0. The molecule has 6 aromatic rings. The van der Waals surface area contributed by atoms with Crippen molar-refractivity contribution in [1.82, 2.24) is 24.4 Å². The van der Waals surface area contributed by atoms with E-state index >= 15 is 0 Å². The molecule has 0 spiro atoms. The van der Waals surface area contributed by atoms with Crippen LogP contribution in [0.15, 0.2) is 77.0 Å². The molecule has 0 amide bonds. The zero-order valence-electron chi connectivity index (χ0n) is 18.3. The van der Waals surface area contributed by atoms with Gasteiger partial charge in [0.2, 0.25) is 4.96 Å². The Labute approximate surface area is 212 Å². The van der Waals surface area contributed by atoms with E-state index in [1.807, 2.05) is 72.3 Å². The lowest BCUT2D eigenvalue weighted by Crippen LogP contribution is -2.23. The number of halogens is 1. The first kappa shape index (κ1) is 21.7. The van der Waals surface area contributed by atoms with Crippen molar-refractivity contribution >= 4 is 45.3 Å². The van der Waals surface area contributed by atoms with Gasteiger partial charge in [0.25, 0.3) is 5.56 Å². The average Bonchev–Trinajstić information content (AvgIpc) is 3.66. The van der Waals surface area contributed by atoms with E-state index in [-0.39, 0.29) is 5.56 Å². The topological polar surface area (TPSA) is 74.3 Å². The Kier molecular flexibility index (Phi) is 5.44. The summed E-state index contributed by atoms with van der Waals surface area (Å²) in [5, 5.41) is 11.7. The number of ether oxygens (including phenoxy) is 1. The third kappa shape index (κ3) is 3.93. The fraction of sp³-hybridized carbons (Fsp3) is 0.0400. The molecular formula is C25H16ClN5O2S2. The van der Waals surface area contributed by atoms with Gasteiger partial charge in [0.15, 0.2) is 5.82 Å². The summed E-state index contributed by atoms with van der Waals surface area (Å²) in [7, 11) is 1.57.